The summed E-state index contributed by atoms with van der Waals surface area (Å²) in [5.74, 6) is -0.326. The molecule has 0 aromatic heterocycles. The third-order valence-electron chi connectivity index (χ3n) is 2.23. The van der Waals surface area contributed by atoms with Crippen LogP contribution in [0.3, 0.4) is 0 Å². The number of benzene rings is 1. The summed E-state index contributed by atoms with van der Waals surface area (Å²) < 4.78 is 39.3. The van der Waals surface area contributed by atoms with Crippen LogP contribution in [0, 0.1) is 18.2 Å². The molecule has 0 radical (unpaired) electrons. The number of halogens is 1. The fourth-order valence-electron chi connectivity index (χ4n) is 1.26. The normalized spacial score (nSPS) is 11.9. The maximum Gasteiger partial charge on any atom is 0.338 e. The number of hydrogen-bond donors (Lipinski definition) is 2. The Bertz CT molecular complexity index is 659. The van der Waals surface area contributed by atoms with Crippen LogP contribution in [0.15, 0.2) is 23.1 Å². The molecule has 0 aliphatic rings. The van der Waals surface area contributed by atoms with Crippen molar-refractivity contribution in [2.24, 2.45) is 0 Å². The summed E-state index contributed by atoms with van der Waals surface area (Å²) in [6, 6.07) is 2.49. The minimum absolute atomic E-state index is 0.366. The third kappa shape index (κ3) is 3.53. The Morgan fingerprint density at radius 2 is 2.05 bits per heavy atom. The van der Waals surface area contributed by atoms with Crippen molar-refractivity contribution in [1.82, 2.24) is 4.72 Å². The van der Waals surface area contributed by atoms with E-state index in [1.165, 1.54) is 13.8 Å². The number of carboxylic acid groups (broad SMARTS) is 1. The summed E-state index contributed by atoms with van der Waals surface area (Å²) in [5.41, 5.74) is -1.86. The summed E-state index contributed by atoms with van der Waals surface area (Å²) in [6.45, 7) is 2.93. The molecule has 1 aromatic rings. The zero-order valence-electron chi connectivity index (χ0n) is 10.3. The predicted octanol–water partition coefficient (Wildman–Crippen LogP) is 1.21. The number of nitrogens with one attached hydrogen (secondary N) is 1. The number of rotatable bonds is 4. The summed E-state index contributed by atoms with van der Waals surface area (Å²) in [6.07, 6.45) is 5.16. The Morgan fingerprint density at radius 3 is 2.53 bits per heavy atom. The van der Waals surface area contributed by atoms with Gasteiger partial charge in [0.25, 0.3) is 0 Å². The minimum Gasteiger partial charge on any atom is -0.478 e. The summed E-state index contributed by atoms with van der Waals surface area (Å²) >= 11 is 0. The zero-order valence-corrected chi connectivity index (χ0v) is 11.1. The fourth-order valence-corrected chi connectivity index (χ4v) is 2.63. The molecule has 7 heteroatoms. The van der Waals surface area contributed by atoms with Gasteiger partial charge in [-0.2, -0.15) is 4.72 Å². The van der Waals surface area contributed by atoms with E-state index in [9.17, 15) is 17.6 Å². The smallest absolute Gasteiger partial charge is 0.338 e. The molecule has 1 aromatic carbocycles. The summed E-state index contributed by atoms with van der Waals surface area (Å²) in [7, 11) is -4.03. The van der Waals surface area contributed by atoms with Crippen molar-refractivity contribution in [3.05, 3.63) is 29.6 Å². The highest BCUT2D eigenvalue weighted by Gasteiger charge is 2.25. The molecule has 5 nitrogen and oxygen atoms in total. The van der Waals surface area contributed by atoms with Crippen LogP contribution in [-0.4, -0.2) is 25.0 Å². The average molecular weight is 285 g/mol. The van der Waals surface area contributed by atoms with Gasteiger partial charge in [-0.1, -0.05) is 5.92 Å². The van der Waals surface area contributed by atoms with Gasteiger partial charge < -0.3 is 5.11 Å². The summed E-state index contributed by atoms with van der Waals surface area (Å²) in [4.78, 5) is 10.4. The van der Waals surface area contributed by atoms with Crippen LogP contribution < -0.4 is 4.72 Å². The lowest BCUT2D eigenvalue weighted by molar-refractivity contribution is 0.0691. The Morgan fingerprint density at radius 1 is 1.47 bits per heavy atom. The molecule has 0 fully saturated rings. The standard InChI is InChI=1S/C12H12FNO4S/c1-4-12(2,3)14-19(17,18)8-5-6-10(13)9(7-8)11(15)16/h1,5-7,14H,2-3H3,(H,15,16). The van der Waals surface area contributed by atoms with Gasteiger partial charge >= 0.3 is 5.97 Å². The molecule has 1 rings (SSSR count). The van der Waals surface area contributed by atoms with Gasteiger partial charge in [-0.25, -0.2) is 17.6 Å². The lowest BCUT2D eigenvalue weighted by Crippen LogP contribution is -2.42. The fraction of sp³-hybridized carbons (Fsp3) is 0.250. The highest BCUT2D eigenvalue weighted by Crippen LogP contribution is 2.17. The van der Waals surface area contributed by atoms with Crippen LogP contribution >= 0.6 is 0 Å². The van der Waals surface area contributed by atoms with Crippen LogP contribution in [0.1, 0.15) is 24.2 Å². The second-order valence-electron chi connectivity index (χ2n) is 4.32. The average Bonchev–Trinajstić information content (AvgIpc) is 2.27. The second kappa shape index (κ2) is 4.99. The van der Waals surface area contributed by atoms with Crippen LogP contribution in [0.25, 0.3) is 0 Å². The molecule has 0 heterocycles. The van der Waals surface area contributed by atoms with Crippen LogP contribution in [0.2, 0.25) is 0 Å². The molecule has 0 saturated carbocycles. The molecular weight excluding hydrogens is 273 g/mol. The molecule has 0 aliphatic carbocycles. The lowest BCUT2D eigenvalue weighted by Gasteiger charge is -2.19. The van der Waals surface area contributed by atoms with E-state index in [-0.39, 0.29) is 4.90 Å². The first-order chi connectivity index (χ1) is 8.59. The molecule has 0 spiro atoms. The van der Waals surface area contributed by atoms with Gasteiger partial charge in [0.1, 0.15) is 5.82 Å². The van der Waals surface area contributed by atoms with E-state index in [0.717, 1.165) is 18.2 Å². The van der Waals surface area contributed by atoms with E-state index in [1.807, 2.05) is 0 Å². The van der Waals surface area contributed by atoms with Crippen LogP contribution in [0.4, 0.5) is 4.39 Å². The molecule has 0 atom stereocenters. The first-order valence-corrected chi connectivity index (χ1v) is 6.62. The quantitative estimate of drug-likeness (QED) is 0.815. The Hall–Kier alpha value is -1.91. The third-order valence-corrected chi connectivity index (χ3v) is 3.88. The Balaban J connectivity index is 3.28. The SMILES string of the molecule is C#CC(C)(C)NS(=O)(=O)c1ccc(F)c(C(=O)O)c1. The number of hydrogen-bond acceptors (Lipinski definition) is 3. The van der Waals surface area contributed by atoms with Crippen molar-refractivity contribution in [3.8, 4) is 12.3 Å². The van der Waals surface area contributed by atoms with E-state index in [0.29, 0.717) is 0 Å². The Labute approximate surface area is 110 Å². The van der Waals surface area contributed by atoms with Crippen LogP contribution in [-0.2, 0) is 10.0 Å². The highest BCUT2D eigenvalue weighted by molar-refractivity contribution is 7.89. The molecule has 19 heavy (non-hydrogen) atoms. The molecule has 0 bridgehead atoms. The van der Waals surface area contributed by atoms with Crippen molar-refractivity contribution < 1.29 is 22.7 Å². The van der Waals surface area contributed by atoms with Crippen molar-refractivity contribution in [2.75, 3.05) is 0 Å². The van der Waals surface area contributed by atoms with Gasteiger partial charge in [-0.05, 0) is 32.0 Å². The highest BCUT2D eigenvalue weighted by atomic mass is 32.2. The van der Waals surface area contributed by atoms with Gasteiger partial charge in [-0.3, -0.25) is 0 Å². The van der Waals surface area contributed by atoms with E-state index >= 15 is 0 Å². The maximum atomic E-state index is 13.2. The van der Waals surface area contributed by atoms with Gasteiger partial charge in [0.2, 0.25) is 10.0 Å². The predicted molar refractivity (Wildman–Crippen MR) is 66.6 cm³/mol. The van der Waals surface area contributed by atoms with E-state index < -0.39 is 32.9 Å². The largest absolute Gasteiger partial charge is 0.478 e. The van der Waals surface area contributed by atoms with Crippen molar-refractivity contribution >= 4 is 16.0 Å². The second-order valence-corrected chi connectivity index (χ2v) is 6.00. The van der Waals surface area contributed by atoms with Gasteiger partial charge in [0, 0.05) is 0 Å². The van der Waals surface area contributed by atoms with Gasteiger partial charge in [-0.15, -0.1) is 6.42 Å². The van der Waals surface area contributed by atoms with Gasteiger partial charge in [0.15, 0.2) is 0 Å². The van der Waals surface area contributed by atoms with Crippen LogP contribution in [0.5, 0.6) is 0 Å². The first-order valence-electron chi connectivity index (χ1n) is 5.14. The molecule has 0 unspecified atom stereocenters. The molecular formula is C12H12FNO4S. The molecule has 0 saturated heterocycles. The maximum absolute atomic E-state index is 13.2. The number of terminal acetylenes is 1. The number of carboxylic acids is 1. The first kappa shape index (κ1) is 15.1. The minimum atomic E-state index is -4.03. The Kier molecular flexibility index (Phi) is 3.98. The van der Waals surface area contributed by atoms with Gasteiger partial charge in [0.05, 0.1) is 16.0 Å². The van der Waals surface area contributed by atoms with Crippen molar-refractivity contribution in [1.29, 1.82) is 0 Å². The molecule has 0 amide bonds. The number of sulfonamides is 1. The van der Waals surface area contributed by atoms with E-state index in [4.69, 9.17) is 11.5 Å². The molecule has 2 N–H and O–H groups in total. The zero-order chi connectivity index (χ0) is 14.8. The van der Waals surface area contributed by atoms with Crippen molar-refractivity contribution in [2.45, 2.75) is 24.3 Å². The number of carbonyl (C=O) groups is 1. The van der Waals surface area contributed by atoms with E-state index in [2.05, 4.69) is 10.6 Å². The number of aromatic carboxylic acids is 1. The van der Waals surface area contributed by atoms with E-state index in [1.54, 1.807) is 0 Å². The monoisotopic (exact) mass is 285 g/mol. The molecule has 102 valence electrons. The summed E-state index contributed by atoms with van der Waals surface area (Å²) in [5, 5.41) is 8.75. The van der Waals surface area contributed by atoms with Crippen molar-refractivity contribution in [3.63, 3.8) is 0 Å². The lowest BCUT2D eigenvalue weighted by atomic mass is 10.1. The molecule has 0 aliphatic heterocycles. The topological polar surface area (TPSA) is 83.5 Å².